The predicted molar refractivity (Wildman–Crippen MR) is 93.2 cm³/mol. The van der Waals surface area contributed by atoms with Crippen LogP contribution in [-0.2, 0) is 29.2 Å². The van der Waals surface area contributed by atoms with Gasteiger partial charge in [0.1, 0.15) is 19.7 Å². The average Bonchev–Trinajstić information content (AvgIpc) is 3.30. The molecule has 1 amide bonds. The lowest BCUT2D eigenvalue weighted by Crippen LogP contribution is -2.35. The van der Waals surface area contributed by atoms with Gasteiger partial charge in [0.05, 0.1) is 0 Å². The minimum atomic E-state index is -0.0206. The van der Waals surface area contributed by atoms with Crippen LogP contribution >= 0.6 is 0 Å². The first-order valence-corrected chi connectivity index (χ1v) is 9.01. The van der Waals surface area contributed by atoms with E-state index in [2.05, 4.69) is 20.6 Å². The van der Waals surface area contributed by atoms with E-state index in [1.807, 2.05) is 17.7 Å². The number of methoxy groups -OCH3 is 1. The van der Waals surface area contributed by atoms with Gasteiger partial charge < -0.3 is 19.5 Å². The molecule has 1 fully saturated rings. The largest absolute Gasteiger partial charge is 0.377 e. The van der Waals surface area contributed by atoms with E-state index in [9.17, 15) is 4.79 Å². The Balaban J connectivity index is 1.63. The number of hydrogen-bond donors (Lipinski definition) is 1. The van der Waals surface area contributed by atoms with Gasteiger partial charge in [-0.15, -0.1) is 0 Å². The molecule has 0 aliphatic carbocycles. The maximum Gasteiger partial charge on any atom is 0.246 e. The SMILES string of the molecule is CCN(Cc1nc(COC)no1)C(=O)Cn1nccc1[C@@H]1CCCNC1. The highest BCUT2D eigenvalue weighted by molar-refractivity contribution is 5.75. The summed E-state index contributed by atoms with van der Waals surface area (Å²) in [4.78, 5) is 18.7. The van der Waals surface area contributed by atoms with E-state index in [-0.39, 0.29) is 25.6 Å². The van der Waals surface area contributed by atoms with Crippen LogP contribution in [0.15, 0.2) is 16.8 Å². The third kappa shape index (κ3) is 4.47. The number of nitrogens with one attached hydrogen (secondary N) is 1. The van der Waals surface area contributed by atoms with E-state index < -0.39 is 0 Å². The number of ether oxygens (including phenoxy) is 1. The molecule has 26 heavy (non-hydrogen) atoms. The van der Waals surface area contributed by atoms with Crippen LogP contribution < -0.4 is 5.32 Å². The van der Waals surface area contributed by atoms with Crippen LogP contribution in [0.25, 0.3) is 0 Å². The molecule has 3 rings (SSSR count). The van der Waals surface area contributed by atoms with Gasteiger partial charge in [0.15, 0.2) is 5.82 Å². The highest BCUT2D eigenvalue weighted by atomic mass is 16.5. The molecule has 0 spiro atoms. The summed E-state index contributed by atoms with van der Waals surface area (Å²) < 4.78 is 12.0. The van der Waals surface area contributed by atoms with Crippen molar-refractivity contribution in [3.63, 3.8) is 0 Å². The number of carbonyl (C=O) groups is 1. The van der Waals surface area contributed by atoms with Crippen LogP contribution in [-0.4, -0.2) is 57.5 Å². The highest BCUT2D eigenvalue weighted by Crippen LogP contribution is 2.22. The van der Waals surface area contributed by atoms with Gasteiger partial charge >= 0.3 is 0 Å². The number of likely N-dealkylation sites (N-methyl/N-ethyl adjacent to an activating group) is 1. The van der Waals surface area contributed by atoms with Crippen molar-refractivity contribution in [2.24, 2.45) is 0 Å². The summed E-state index contributed by atoms with van der Waals surface area (Å²) in [6, 6.07) is 2.01. The number of rotatable bonds is 8. The van der Waals surface area contributed by atoms with E-state index in [0.29, 0.717) is 24.2 Å². The van der Waals surface area contributed by atoms with E-state index >= 15 is 0 Å². The molecule has 0 aromatic carbocycles. The summed E-state index contributed by atoms with van der Waals surface area (Å²) in [7, 11) is 1.57. The monoisotopic (exact) mass is 362 g/mol. The first-order valence-electron chi connectivity index (χ1n) is 9.01. The van der Waals surface area contributed by atoms with Gasteiger partial charge in [0, 0.05) is 38.0 Å². The minimum absolute atomic E-state index is 0.0206. The van der Waals surface area contributed by atoms with Crippen molar-refractivity contribution in [3.8, 4) is 0 Å². The molecule has 2 aromatic rings. The number of aromatic nitrogens is 4. The summed E-state index contributed by atoms with van der Waals surface area (Å²) in [5.41, 5.74) is 1.11. The Labute approximate surface area is 152 Å². The van der Waals surface area contributed by atoms with Crippen LogP contribution in [0.5, 0.6) is 0 Å². The quantitative estimate of drug-likeness (QED) is 0.746. The highest BCUT2D eigenvalue weighted by Gasteiger charge is 2.22. The molecule has 1 aliphatic heterocycles. The van der Waals surface area contributed by atoms with Crippen LogP contribution in [0.2, 0.25) is 0 Å². The minimum Gasteiger partial charge on any atom is -0.377 e. The smallest absolute Gasteiger partial charge is 0.246 e. The van der Waals surface area contributed by atoms with Crippen molar-refractivity contribution in [2.75, 3.05) is 26.7 Å². The van der Waals surface area contributed by atoms with Crippen LogP contribution in [0, 0.1) is 0 Å². The molecular weight excluding hydrogens is 336 g/mol. The molecule has 1 saturated heterocycles. The number of carbonyl (C=O) groups excluding carboxylic acids is 1. The second kappa shape index (κ2) is 8.91. The Hall–Kier alpha value is -2.26. The molecule has 2 aromatic heterocycles. The van der Waals surface area contributed by atoms with Gasteiger partial charge in [-0.25, -0.2) is 0 Å². The third-order valence-corrected chi connectivity index (χ3v) is 4.59. The van der Waals surface area contributed by atoms with Crippen molar-refractivity contribution in [1.82, 2.24) is 30.1 Å². The molecule has 1 atom stereocenters. The summed E-state index contributed by atoms with van der Waals surface area (Å²) in [5, 5.41) is 11.6. The van der Waals surface area contributed by atoms with Gasteiger partial charge in [-0.3, -0.25) is 9.48 Å². The summed E-state index contributed by atoms with van der Waals surface area (Å²) in [6.45, 7) is 5.26. The lowest BCUT2D eigenvalue weighted by molar-refractivity contribution is -0.132. The Kier molecular flexibility index (Phi) is 6.35. The maximum absolute atomic E-state index is 12.7. The van der Waals surface area contributed by atoms with Gasteiger partial charge in [0.25, 0.3) is 0 Å². The van der Waals surface area contributed by atoms with Crippen molar-refractivity contribution in [1.29, 1.82) is 0 Å². The van der Waals surface area contributed by atoms with Gasteiger partial charge in [-0.1, -0.05) is 5.16 Å². The maximum atomic E-state index is 12.7. The Morgan fingerprint density at radius 3 is 3.15 bits per heavy atom. The van der Waals surface area contributed by atoms with E-state index in [0.717, 1.165) is 31.6 Å². The Morgan fingerprint density at radius 1 is 1.54 bits per heavy atom. The Bertz CT molecular complexity index is 707. The molecule has 0 bridgehead atoms. The molecule has 3 heterocycles. The number of nitrogens with zero attached hydrogens (tertiary/aromatic N) is 5. The zero-order valence-electron chi connectivity index (χ0n) is 15.3. The van der Waals surface area contributed by atoms with Gasteiger partial charge in [-0.05, 0) is 32.4 Å². The fraction of sp³-hybridized carbons (Fsp3) is 0.647. The first kappa shape index (κ1) is 18.5. The van der Waals surface area contributed by atoms with Crippen molar-refractivity contribution in [2.45, 2.75) is 45.4 Å². The molecule has 9 heteroatoms. The van der Waals surface area contributed by atoms with Crippen molar-refractivity contribution < 1.29 is 14.1 Å². The molecular formula is C17H26N6O3. The normalized spacial score (nSPS) is 17.4. The van der Waals surface area contributed by atoms with E-state index in [1.54, 1.807) is 18.2 Å². The standard InChI is InChI=1S/C17H26N6O3/c1-3-22(10-16-20-15(12-25-2)21-26-16)17(24)11-23-14(6-8-19-23)13-5-4-7-18-9-13/h6,8,13,18H,3-5,7,9-12H2,1-2H3/t13-/m1/s1. The zero-order chi connectivity index (χ0) is 18.4. The predicted octanol–water partition coefficient (Wildman–Crippen LogP) is 0.928. The van der Waals surface area contributed by atoms with Crippen molar-refractivity contribution in [3.05, 3.63) is 29.7 Å². The molecule has 142 valence electrons. The van der Waals surface area contributed by atoms with Gasteiger partial charge in [-0.2, -0.15) is 10.1 Å². The average molecular weight is 362 g/mol. The van der Waals surface area contributed by atoms with Crippen LogP contribution in [0.1, 0.15) is 43.1 Å². The molecule has 1 aliphatic rings. The fourth-order valence-corrected chi connectivity index (χ4v) is 3.24. The molecule has 0 saturated carbocycles. The topological polar surface area (TPSA) is 98.3 Å². The van der Waals surface area contributed by atoms with E-state index in [4.69, 9.17) is 9.26 Å². The van der Waals surface area contributed by atoms with Crippen LogP contribution in [0.3, 0.4) is 0 Å². The Morgan fingerprint density at radius 2 is 2.42 bits per heavy atom. The first-order chi connectivity index (χ1) is 12.7. The molecule has 0 radical (unpaired) electrons. The van der Waals surface area contributed by atoms with E-state index in [1.165, 1.54) is 0 Å². The van der Waals surface area contributed by atoms with Crippen molar-refractivity contribution >= 4 is 5.91 Å². The lowest BCUT2D eigenvalue weighted by atomic mass is 9.96. The summed E-state index contributed by atoms with van der Waals surface area (Å²) in [5.74, 6) is 1.27. The number of amides is 1. The molecule has 9 nitrogen and oxygen atoms in total. The molecule has 1 N–H and O–H groups in total. The lowest BCUT2D eigenvalue weighted by Gasteiger charge is -2.24. The summed E-state index contributed by atoms with van der Waals surface area (Å²) >= 11 is 0. The van der Waals surface area contributed by atoms with Gasteiger partial charge in [0.2, 0.25) is 11.8 Å². The second-order valence-corrected chi connectivity index (χ2v) is 6.40. The van der Waals surface area contributed by atoms with Crippen LogP contribution in [0.4, 0.5) is 0 Å². The second-order valence-electron chi connectivity index (χ2n) is 6.40. The third-order valence-electron chi connectivity index (χ3n) is 4.59. The molecule has 0 unspecified atom stereocenters. The zero-order valence-corrected chi connectivity index (χ0v) is 15.3. The summed E-state index contributed by atoms with van der Waals surface area (Å²) in [6.07, 6.45) is 4.03. The number of piperidine rings is 1. The fourth-order valence-electron chi connectivity index (χ4n) is 3.24. The number of hydrogen-bond acceptors (Lipinski definition) is 7.